The van der Waals surface area contributed by atoms with E-state index in [4.69, 9.17) is 11.6 Å². The number of carbonyl (C=O) groups excluding carboxylic acids is 1. The fraction of sp³-hybridized carbons (Fsp3) is 0.562. The number of nitrogens with one attached hydrogen (secondary N) is 2. The van der Waals surface area contributed by atoms with Crippen LogP contribution in [0.2, 0.25) is 5.02 Å². The van der Waals surface area contributed by atoms with Crippen molar-refractivity contribution in [1.82, 2.24) is 10.2 Å². The maximum atomic E-state index is 11.8. The van der Waals surface area contributed by atoms with Crippen LogP contribution in [0, 0.1) is 5.92 Å². The van der Waals surface area contributed by atoms with Crippen molar-refractivity contribution in [2.45, 2.75) is 19.8 Å². The Bertz CT molecular complexity index is 461. The Hall–Kier alpha value is -1.10. The molecule has 0 spiro atoms. The van der Waals surface area contributed by atoms with E-state index in [-0.39, 0.29) is 5.91 Å². The molecule has 1 fully saturated rings. The van der Waals surface area contributed by atoms with E-state index in [1.807, 2.05) is 12.1 Å². The van der Waals surface area contributed by atoms with Gasteiger partial charge in [0.15, 0.2) is 0 Å². The zero-order chi connectivity index (χ0) is 15.1. The molecule has 5 heteroatoms. The Balaban J connectivity index is 1.63. The molecule has 1 unspecified atom stereocenters. The van der Waals surface area contributed by atoms with Crippen LogP contribution in [-0.4, -0.2) is 43.5 Å². The molecular weight excluding hydrogens is 286 g/mol. The van der Waals surface area contributed by atoms with Gasteiger partial charge in [0.25, 0.3) is 0 Å². The number of amides is 1. The molecule has 2 N–H and O–H groups in total. The summed E-state index contributed by atoms with van der Waals surface area (Å²) in [6.45, 7) is 6.94. The molecular formula is C16H24ClN3O. The molecule has 0 bridgehead atoms. The predicted octanol–water partition coefficient (Wildman–Crippen LogP) is 2.60. The third-order valence-electron chi connectivity index (χ3n) is 3.69. The minimum atomic E-state index is -0.0588. The molecule has 1 heterocycles. The maximum absolute atomic E-state index is 11.8. The molecule has 0 aliphatic carbocycles. The number of benzene rings is 1. The van der Waals surface area contributed by atoms with Crippen LogP contribution in [0.25, 0.3) is 0 Å². The van der Waals surface area contributed by atoms with Crippen LogP contribution in [-0.2, 0) is 4.79 Å². The van der Waals surface area contributed by atoms with Crippen LogP contribution in [0.15, 0.2) is 24.3 Å². The molecule has 1 aliphatic heterocycles. The number of halogens is 1. The van der Waals surface area contributed by atoms with E-state index < -0.39 is 0 Å². The standard InChI is InChI=1S/C16H24ClN3O/c1-13(12-20-8-4-5-9-20)10-18-11-16(21)19-15-7-3-2-6-14(15)17/h2-3,6-7,13,18H,4-5,8-12H2,1H3,(H,19,21). The van der Waals surface area contributed by atoms with Gasteiger partial charge in [-0.1, -0.05) is 30.7 Å². The molecule has 1 saturated heterocycles. The molecule has 1 aliphatic rings. The SMILES string of the molecule is CC(CNCC(=O)Nc1ccccc1Cl)CN1CCCC1. The fourth-order valence-corrected chi connectivity index (χ4v) is 2.84. The molecule has 116 valence electrons. The van der Waals surface area contributed by atoms with E-state index in [1.165, 1.54) is 25.9 Å². The monoisotopic (exact) mass is 309 g/mol. The summed E-state index contributed by atoms with van der Waals surface area (Å²) >= 11 is 6.01. The van der Waals surface area contributed by atoms with Gasteiger partial charge < -0.3 is 15.5 Å². The van der Waals surface area contributed by atoms with E-state index in [2.05, 4.69) is 22.5 Å². The number of nitrogens with zero attached hydrogens (tertiary/aromatic N) is 1. The van der Waals surface area contributed by atoms with E-state index in [0.717, 1.165) is 13.1 Å². The normalized spacial score (nSPS) is 16.9. The van der Waals surface area contributed by atoms with Crippen molar-refractivity contribution in [2.75, 3.05) is 38.0 Å². The van der Waals surface area contributed by atoms with E-state index in [9.17, 15) is 4.79 Å². The third-order valence-corrected chi connectivity index (χ3v) is 4.02. The van der Waals surface area contributed by atoms with Gasteiger partial charge in [0, 0.05) is 6.54 Å². The lowest BCUT2D eigenvalue weighted by molar-refractivity contribution is -0.115. The first-order valence-corrected chi connectivity index (χ1v) is 8.00. The van der Waals surface area contributed by atoms with Crippen LogP contribution in [0.5, 0.6) is 0 Å². The lowest BCUT2D eigenvalue weighted by Crippen LogP contribution is -2.35. The van der Waals surface area contributed by atoms with Crippen molar-refractivity contribution in [2.24, 2.45) is 5.92 Å². The average Bonchev–Trinajstić information content (AvgIpc) is 2.94. The Labute approximate surface area is 131 Å². The van der Waals surface area contributed by atoms with Crippen LogP contribution >= 0.6 is 11.6 Å². The van der Waals surface area contributed by atoms with Crippen LogP contribution in [0.1, 0.15) is 19.8 Å². The first-order chi connectivity index (χ1) is 10.1. The largest absolute Gasteiger partial charge is 0.324 e. The van der Waals surface area contributed by atoms with Crippen molar-refractivity contribution in [3.05, 3.63) is 29.3 Å². The summed E-state index contributed by atoms with van der Waals surface area (Å²) in [4.78, 5) is 14.3. The van der Waals surface area contributed by atoms with Gasteiger partial charge in [-0.3, -0.25) is 4.79 Å². The molecule has 1 aromatic carbocycles. The van der Waals surface area contributed by atoms with Gasteiger partial charge in [0.05, 0.1) is 17.3 Å². The molecule has 4 nitrogen and oxygen atoms in total. The number of para-hydroxylation sites is 1. The van der Waals surface area contributed by atoms with E-state index in [1.54, 1.807) is 12.1 Å². The van der Waals surface area contributed by atoms with Gasteiger partial charge in [-0.25, -0.2) is 0 Å². The second-order valence-electron chi connectivity index (χ2n) is 5.77. The molecule has 1 atom stereocenters. The number of carbonyl (C=O) groups is 1. The lowest BCUT2D eigenvalue weighted by atomic mass is 10.1. The molecule has 0 aromatic heterocycles. The van der Waals surface area contributed by atoms with Gasteiger partial charge >= 0.3 is 0 Å². The summed E-state index contributed by atoms with van der Waals surface area (Å²) in [6, 6.07) is 7.27. The maximum Gasteiger partial charge on any atom is 0.238 e. The van der Waals surface area contributed by atoms with Crippen LogP contribution in [0.4, 0.5) is 5.69 Å². The number of hydrogen-bond acceptors (Lipinski definition) is 3. The minimum absolute atomic E-state index is 0.0588. The third kappa shape index (κ3) is 5.65. The number of likely N-dealkylation sites (tertiary alicyclic amines) is 1. The number of rotatable bonds is 7. The molecule has 1 amide bonds. The summed E-state index contributed by atoms with van der Waals surface area (Å²) < 4.78 is 0. The van der Waals surface area contributed by atoms with Gasteiger partial charge in [-0.2, -0.15) is 0 Å². The quantitative estimate of drug-likeness (QED) is 0.814. The second kappa shape index (κ2) is 8.37. The summed E-state index contributed by atoms with van der Waals surface area (Å²) in [6.07, 6.45) is 2.64. The first kappa shape index (κ1) is 16.3. The highest BCUT2D eigenvalue weighted by Gasteiger charge is 2.14. The van der Waals surface area contributed by atoms with Gasteiger partial charge in [-0.15, -0.1) is 0 Å². The van der Waals surface area contributed by atoms with Gasteiger partial charge in [-0.05, 0) is 50.5 Å². The zero-order valence-corrected chi connectivity index (χ0v) is 13.3. The lowest BCUT2D eigenvalue weighted by Gasteiger charge is -2.20. The summed E-state index contributed by atoms with van der Waals surface area (Å²) in [5.41, 5.74) is 0.663. The Morgan fingerprint density at radius 1 is 1.33 bits per heavy atom. The summed E-state index contributed by atoms with van der Waals surface area (Å²) in [5.74, 6) is 0.493. The van der Waals surface area contributed by atoms with Crippen LogP contribution in [0.3, 0.4) is 0 Å². The van der Waals surface area contributed by atoms with Gasteiger partial charge in [0.1, 0.15) is 0 Å². The molecule has 0 radical (unpaired) electrons. The number of anilines is 1. The Morgan fingerprint density at radius 2 is 2.05 bits per heavy atom. The highest BCUT2D eigenvalue weighted by atomic mass is 35.5. The Kier molecular flexibility index (Phi) is 6.49. The van der Waals surface area contributed by atoms with E-state index in [0.29, 0.717) is 23.2 Å². The highest BCUT2D eigenvalue weighted by molar-refractivity contribution is 6.33. The predicted molar refractivity (Wildman–Crippen MR) is 87.8 cm³/mol. The van der Waals surface area contributed by atoms with Crippen molar-refractivity contribution in [3.8, 4) is 0 Å². The smallest absolute Gasteiger partial charge is 0.238 e. The topological polar surface area (TPSA) is 44.4 Å². The average molecular weight is 310 g/mol. The first-order valence-electron chi connectivity index (χ1n) is 7.62. The van der Waals surface area contributed by atoms with Crippen molar-refractivity contribution in [1.29, 1.82) is 0 Å². The zero-order valence-electron chi connectivity index (χ0n) is 12.6. The van der Waals surface area contributed by atoms with E-state index >= 15 is 0 Å². The van der Waals surface area contributed by atoms with Crippen molar-refractivity contribution >= 4 is 23.2 Å². The Morgan fingerprint density at radius 3 is 2.76 bits per heavy atom. The molecule has 21 heavy (non-hydrogen) atoms. The van der Waals surface area contributed by atoms with Crippen molar-refractivity contribution < 1.29 is 4.79 Å². The minimum Gasteiger partial charge on any atom is -0.324 e. The number of hydrogen-bond donors (Lipinski definition) is 2. The molecule has 0 saturated carbocycles. The van der Waals surface area contributed by atoms with Crippen LogP contribution < -0.4 is 10.6 Å². The summed E-state index contributed by atoms with van der Waals surface area (Å²) in [5, 5.41) is 6.59. The van der Waals surface area contributed by atoms with Gasteiger partial charge in [0.2, 0.25) is 5.91 Å². The summed E-state index contributed by atoms with van der Waals surface area (Å²) in [7, 11) is 0. The molecule has 1 aromatic rings. The fourth-order valence-electron chi connectivity index (χ4n) is 2.66. The van der Waals surface area contributed by atoms with Crippen molar-refractivity contribution in [3.63, 3.8) is 0 Å². The second-order valence-corrected chi connectivity index (χ2v) is 6.18. The molecule has 2 rings (SSSR count). The highest BCUT2D eigenvalue weighted by Crippen LogP contribution is 2.20.